The smallest absolute Gasteiger partial charge is 0.323 e. The Bertz CT molecular complexity index is 1650. The van der Waals surface area contributed by atoms with E-state index in [-0.39, 0.29) is 18.1 Å². The minimum absolute atomic E-state index is 0.0857. The zero-order chi connectivity index (χ0) is 30.3. The Morgan fingerprint density at radius 3 is 2.20 bits per heavy atom. The minimum Gasteiger partial charge on any atom is -0.493 e. The zero-order valence-corrected chi connectivity index (χ0v) is 25.0. The number of benzene rings is 4. The fourth-order valence-corrected chi connectivity index (χ4v) is 5.75. The fraction of sp³-hybridized carbons (Fsp3) is 0.243. The minimum atomic E-state index is -0.298. The van der Waals surface area contributed by atoms with Gasteiger partial charge in [-0.3, -0.25) is 9.69 Å². The lowest BCUT2D eigenvalue weighted by Crippen LogP contribution is -2.37. The van der Waals surface area contributed by atoms with E-state index in [2.05, 4.69) is 34.1 Å². The van der Waals surface area contributed by atoms with E-state index in [1.807, 2.05) is 91.9 Å². The Morgan fingerprint density at radius 2 is 1.50 bits per heavy atom. The molecule has 0 aliphatic carbocycles. The molecule has 1 aliphatic rings. The number of rotatable bonds is 11. The molecule has 0 amide bonds. The van der Waals surface area contributed by atoms with Gasteiger partial charge in [0.05, 0.1) is 19.4 Å². The summed E-state index contributed by atoms with van der Waals surface area (Å²) in [6.07, 6.45) is 2.26. The van der Waals surface area contributed by atoms with Crippen molar-refractivity contribution < 1.29 is 23.4 Å². The van der Waals surface area contributed by atoms with Crippen LogP contribution >= 0.6 is 0 Å². The predicted molar refractivity (Wildman–Crippen MR) is 169 cm³/mol. The number of oxazole rings is 1. The van der Waals surface area contributed by atoms with Crippen LogP contribution in [-0.2, 0) is 22.5 Å². The van der Waals surface area contributed by atoms with Crippen LogP contribution in [0.5, 0.6) is 17.2 Å². The number of hydrogen-bond acceptors (Lipinski definition) is 7. The van der Waals surface area contributed by atoms with Crippen molar-refractivity contribution in [3.05, 3.63) is 132 Å². The molecule has 1 aromatic heterocycles. The highest BCUT2D eigenvalue weighted by atomic mass is 16.5. The van der Waals surface area contributed by atoms with Gasteiger partial charge in [-0.2, -0.15) is 0 Å². The van der Waals surface area contributed by atoms with Gasteiger partial charge in [0.2, 0.25) is 5.89 Å². The average Bonchev–Trinajstić information content (AvgIpc) is 3.66. The second-order valence-corrected chi connectivity index (χ2v) is 10.9. The number of hydrogen-bond donors (Lipinski definition) is 0. The van der Waals surface area contributed by atoms with Crippen molar-refractivity contribution in [1.29, 1.82) is 0 Å². The van der Waals surface area contributed by atoms with E-state index in [1.54, 1.807) is 0 Å². The Balaban J connectivity index is 1.09. The topological polar surface area (TPSA) is 74.0 Å². The van der Waals surface area contributed by atoms with Crippen LogP contribution in [0.1, 0.15) is 41.5 Å². The number of aryl methyl sites for hydroxylation is 1. The molecule has 1 aliphatic heterocycles. The molecule has 44 heavy (non-hydrogen) atoms. The molecule has 0 bridgehead atoms. The number of para-hydroxylation sites is 1. The van der Waals surface area contributed by atoms with E-state index in [9.17, 15) is 4.79 Å². The summed E-state index contributed by atoms with van der Waals surface area (Å²) in [5.74, 6) is 3.60. The summed E-state index contributed by atoms with van der Waals surface area (Å²) in [5, 5.41) is 0. The Morgan fingerprint density at radius 1 is 0.841 bits per heavy atom. The molecule has 0 saturated carbocycles. The lowest BCUT2D eigenvalue weighted by molar-refractivity contribution is -0.146. The van der Waals surface area contributed by atoms with Gasteiger partial charge in [-0.1, -0.05) is 60.7 Å². The SMILES string of the molecule is COC(=O)C1CC[C@H](c2ccc(OCCc3nc(-c4ccccc4)oc3C)cc2)N1Cc1ccc(Oc2ccccc2)cc1. The van der Waals surface area contributed by atoms with Crippen molar-refractivity contribution in [3.63, 3.8) is 0 Å². The van der Waals surface area contributed by atoms with Gasteiger partial charge < -0.3 is 18.6 Å². The third-order valence-corrected chi connectivity index (χ3v) is 8.04. The first-order chi connectivity index (χ1) is 21.6. The van der Waals surface area contributed by atoms with Crippen molar-refractivity contribution in [2.24, 2.45) is 0 Å². The molecule has 7 nitrogen and oxygen atoms in total. The highest BCUT2D eigenvalue weighted by molar-refractivity contribution is 5.76. The van der Waals surface area contributed by atoms with Crippen molar-refractivity contribution in [2.75, 3.05) is 13.7 Å². The summed E-state index contributed by atoms with van der Waals surface area (Å²) < 4.78 is 23.1. The number of methoxy groups -OCH3 is 1. The number of ether oxygens (including phenoxy) is 3. The molecule has 7 heteroatoms. The highest BCUT2D eigenvalue weighted by Gasteiger charge is 2.39. The van der Waals surface area contributed by atoms with Gasteiger partial charge in [0.15, 0.2) is 0 Å². The van der Waals surface area contributed by atoms with Gasteiger partial charge in [-0.05, 0) is 79.4 Å². The van der Waals surface area contributed by atoms with Crippen molar-refractivity contribution in [2.45, 2.75) is 44.8 Å². The van der Waals surface area contributed by atoms with Crippen molar-refractivity contribution in [3.8, 4) is 28.7 Å². The summed E-state index contributed by atoms with van der Waals surface area (Å²) >= 11 is 0. The van der Waals surface area contributed by atoms with Crippen molar-refractivity contribution in [1.82, 2.24) is 9.88 Å². The lowest BCUT2D eigenvalue weighted by Gasteiger charge is -2.29. The van der Waals surface area contributed by atoms with E-state index < -0.39 is 0 Å². The number of nitrogens with zero attached hydrogens (tertiary/aromatic N) is 2. The third-order valence-electron chi connectivity index (χ3n) is 8.04. The van der Waals surface area contributed by atoms with Crippen LogP contribution in [0.3, 0.4) is 0 Å². The number of likely N-dealkylation sites (tertiary alicyclic amines) is 1. The van der Waals surface area contributed by atoms with Gasteiger partial charge in [0.25, 0.3) is 0 Å². The Labute approximate surface area is 258 Å². The summed E-state index contributed by atoms with van der Waals surface area (Å²) in [5.41, 5.74) is 4.11. The first kappa shape index (κ1) is 29.2. The molecule has 2 heterocycles. The number of carbonyl (C=O) groups excluding carboxylic acids is 1. The molecule has 1 fully saturated rings. The maximum absolute atomic E-state index is 12.7. The van der Waals surface area contributed by atoms with E-state index >= 15 is 0 Å². The monoisotopic (exact) mass is 588 g/mol. The van der Waals surface area contributed by atoms with Crippen LogP contribution in [-0.4, -0.2) is 35.6 Å². The number of carbonyl (C=O) groups is 1. The van der Waals surface area contributed by atoms with Crippen LogP contribution in [0.25, 0.3) is 11.5 Å². The molecule has 0 radical (unpaired) electrons. The van der Waals surface area contributed by atoms with E-state index in [0.717, 1.165) is 58.2 Å². The molecule has 1 saturated heterocycles. The van der Waals surface area contributed by atoms with Crippen molar-refractivity contribution >= 4 is 5.97 Å². The van der Waals surface area contributed by atoms with Crippen LogP contribution in [0.4, 0.5) is 0 Å². The predicted octanol–water partition coefficient (Wildman–Crippen LogP) is 7.94. The molecule has 0 N–H and O–H groups in total. The van der Waals surface area contributed by atoms with Crippen LogP contribution in [0, 0.1) is 6.92 Å². The van der Waals surface area contributed by atoms with Gasteiger partial charge >= 0.3 is 5.97 Å². The first-order valence-corrected chi connectivity index (χ1v) is 15.0. The van der Waals surface area contributed by atoms with Gasteiger partial charge in [0.1, 0.15) is 29.1 Å². The van der Waals surface area contributed by atoms with E-state index in [1.165, 1.54) is 7.11 Å². The average molecular weight is 589 g/mol. The summed E-state index contributed by atoms with van der Waals surface area (Å²) in [4.78, 5) is 19.6. The quantitative estimate of drug-likeness (QED) is 0.145. The molecular weight excluding hydrogens is 552 g/mol. The van der Waals surface area contributed by atoms with Gasteiger partial charge in [-0.25, -0.2) is 4.98 Å². The largest absolute Gasteiger partial charge is 0.493 e. The maximum Gasteiger partial charge on any atom is 0.323 e. The third kappa shape index (κ3) is 6.84. The van der Waals surface area contributed by atoms with Crippen LogP contribution < -0.4 is 9.47 Å². The second-order valence-electron chi connectivity index (χ2n) is 10.9. The van der Waals surface area contributed by atoms with E-state index in [0.29, 0.717) is 25.5 Å². The first-order valence-electron chi connectivity index (χ1n) is 15.0. The molecule has 6 rings (SSSR count). The molecule has 2 atom stereocenters. The normalized spacial score (nSPS) is 16.5. The van der Waals surface area contributed by atoms with Crippen LogP contribution in [0.2, 0.25) is 0 Å². The Kier molecular flexibility index (Phi) is 9.03. The van der Waals surface area contributed by atoms with Crippen LogP contribution in [0.15, 0.2) is 114 Å². The molecule has 5 aromatic rings. The second kappa shape index (κ2) is 13.6. The fourth-order valence-electron chi connectivity index (χ4n) is 5.75. The number of aromatic nitrogens is 1. The summed E-state index contributed by atoms with van der Waals surface area (Å²) in [6, 6.07) is 35.6. The molecule has 0 spiro atoms. The molecule has 224 valence electrons. The highest BCUT2D eigenvalue weighted by Crippen LogP contribution is 2.38. The van der Waals surface area contributed by atoms with E-state index in [4.69, 9.17) is 18.6 Å². The Hall–Kier alpha value is -4.88. The molecular formula is C37H36N2O5. The summed E-state index contributed by atoms with van der Waals surface area (Å²) in [6.45, 7) is 3.05. The van der Waals surface area contributed by atoms with Gasteiger partial charge in [0, 0.05) is 24.6 Å². The lowest BCUT2D eigenvalue weighted by atomic mass is 10.0. The summed E-state index contributed by atoms with van der Waals surface area (Å²) in [7, 11) is 1.46. The molecule has 1 unspecified atom stereocenters. The zero-order valence-electron chi connectivity index (χ0n) is 25.0. The maximum atomic E-state index is 12.7. The van der Waals surface area contributed by atoms with Gasteiger partial charge in [-0.15, -0.1) is 0 Å². The standard InChI is InChI=1S/C37H36N2O5/c1-26-33(38-36(43-26)29-9-5-3-6-10-29)23-24-42-30-19-15-28(16-20-30)34-21-22-35(37(40)41-2)39(34)25-27-13-17-32(18-14-27)44-31-11-7-4-8-12-31/h3-20,34-35H,21-25H2,1-2H3/t34-,35?/m1/s1. The number of esters is 1. The molecule has 4 aromatic carbocycles.